The van der Waals surface area contributed by atoms with Gasteiger partial charge in [0.15, 0.2) is 11.6 Å². The quantitative estimate of drug-likeness (QED) is 0.373. The predicted octanol–water partition coefficient (Wildman–Crippen LogP) is 2.99. The van der Waals surface area contributed by atoms with E-state index in [0.29, 0.717) is 0 Å². The molecule has 1 aromatic carbocycles. The molecule has 0 amide bonds. The Hall–Kier alpha value is -1.71. The van der Waals surface area contributed by atoms with E-state index < -0.39 is 40.1 Å². The van der Waals surface area contributed by atoms with Crippen molar-refractivity contribution in [1.29, 1.82) is 0 Å². The average molecular weight is 403 g/mol. The number of carbonyl (C=O) groups excluding carboxylic acids is 1. The van der Waals surface area contributed by atoms with E-state index in [0.717, 1.165) is 37.8 Å². The third-order valence-electron chi connectivity index (χ3n) is 4.09. The van der Waals surface area contributed by atoms with Crippen LogP contribution in [-0.4, -0.2) is 43.2 Å². The Morgan fingerprint density at radius 3 is 2.56 bits per heavy atom. The van der Waals surface area contributed by atoms with E-state index in [-0.39, 0.29) is 17.4 Å². The summed E-state index contributed by atoms with van der Waals surface area (Å²) in [6.45, 7) is 2.77. The Balaban J connectivity index is 2.01. The molecule has 0 aromatic heterocycles. The van der Waals surface area contributed by atoms with Gasteiger partial charge in [0.05, 0.1) is 27.5 Å². The summed E-state index contributed by atoms with van der Waals surface area (Å²) in [5.41, 5.74) is -0.0248. The lowest BCUT2D eigenvalue weighted by atomic mass is 9.97. The summed E-state index contributed by atoms with van der Waals surface area (Å²) in [4.78, 5) is 11.9. The number of benzene rings is 1. The van der Waals surface area contributed by atoms with Gasteiger partial charge in [-0.25, -0.2) is 17.6 Å². The van der Waals surface area contributed by atoms with Crippen molar-refractivity contribution < 1.29 is 36.4 Å². The zero-order valence-electron chi connectivity index (χ0n) is 15.4. The zero-order valence-corrected chi connectivity index (χ0v) is 16.2. The second-order valence-electron chi connectivity index (χ2n) is 6.92. The van der Waals surface area contributed by atoms with Gasteiger partial charge in [0.25, 0.3) is 0 Å². The van der Waals surface area contributed by atoms with Crippen LogP contribution in [0.4, 0.5) is 4.39 Å². The van der Waals surface area contributed by atoms with Crippen LogP contribution in [0.3, 0.4) is 0 Å². The molecule has 1 aliphatic rings. The van der Waals surface area contributed by atoms with Gasteiger partial charge >= 0.3 is 5.97 Å². The summed E-state index contributed by atoms with van der Waals surface area (Å²) < 4.78 is 62.0. The third-order valence-corrected chi connectivity index (χ3v) is 4.76. The molecular weight excluding hydrogens is 379 g/mol. The van der Waals surface area contributed by atoms with Crippen LogP contribution in [0.1, 0.15) is 56.3 Å². The fourth-order valence-corrected chi connectivity index (χ4v) is 3.19. The highest BCUT2D eigenvalue weighted by Crippen LogP contribution is 2.29. The molecule has 1 fully saturated rings. The molecule has 27 heavy (non-hydrogen) atoms. The van der Waals surface area contributed by atoms with Crippen molar-refractivity contribution >= 4 is 16.1 Å². The molecule has 0 N–H and O–H groups in total. The summed E-state index contributed by atoms with van der Waals surface area (Å²) in [7, 11) is -4.48. The number of carbonyl (C=O) groups is 1. The van der Waals surface area contributed by atoms with E-state index in [1.807, 2.05) is 0 Å². The first-order valence-corrected chi connectivity index (χ1v) is 10.4. The fraction of sp³-hybridized carbons (Fsp3) is 0.611. The number of hydrogen-bond donors (Lipinski definition) is 0. The molecule has 1 aromatic rings. The van der Waals surface area contributed by atoms with Gasteiger partial charge in [0.1, 0.15) is 6.61 Å². The van der Waals surface area contributed by atoms with Crippen LogP contribution in [0.25, 0.3) is 0 Å². The first kappa shape index (κ1) is 21.6. The van der Waals surface area contributed by atoms with Gasteiger partial charge < -0.3 is 18.8 Å². The molecule has 1 saturated carbocycles. The summed E-state index contributed by atoms with van der Waals surface area (Å²) in [6.07, 6.45) is 5.21. The lowest BCUT2D eigenvalue weighted by Gasteiger charge is -2.33. The highest BCUT2D eigenvalue weighted by molar-refractivity contribution is 7.85. The monoisotopic (exact) mass is 403 g/mol. The number of halogens is 1. The second kappa shape index (κ2) is 8.99. The van der Waals surface area contributed by atoms with Crippen molar-refractivity contribution in [3.8, 4) is 5.75 Å². The zero-order chi connectivity index (χ0) is 20.1. The van der Waals surface area contributed by atoms with Crippen molar-refractivity contribution in [3.63, 3.8) is 0 Å². The Morgan fingerprint density at radius 2 is 1.93 bits per heavy atom. The highest BCUT2D eigenvalue weighted by Gasteiger charge is 2.28. The smallest absolute Gasteiger partial charge is 0.338 e. The van der Waals surface area contributed by atoms with Crippen LogP contribution in [0.15, 0.2) is 18.2 Å². The molecule has 0 aliphatic heterocycles. The molecule has 0 heterocycles. The molecule has 0 spiro atoms. The molecule has 2 rings (SSSR count). The molecular formula is C18H24FO7S-. The number of ether oxygens (including phenoxy) is 3. The molecule has 9 heteroatoms. The van der Waals surface area contributed by atoms with Crippen LogP contribution in [0, 0.1) is 5.82 Å². The molecule has 0 unspecified atom stereocenters. The minimum absolute atomic E-state index is 0.0248. The van der Waals surface area contributed by atoms with E-state index in [2.05, 4.69) is 0 Å². The van der Waals surface area contributed by atoms with Crippen molar-refractivity contribution in [1.82, 2.24) is 0 Å². The van der Waals surface area contributed by atoms with Crippen LogP contribution in [0.2, 0.25) is 0 Å². The van der Waals surface area contributed by atoms with Gasteiger partial charge in [-0.2, -0.15) is 0 Å². The third kappa shape index (κ3) is 7.43. The Morgan fingerprint density at radius 1 is 1.26 bits per heavy atom. The highest BCUT2D eigenvalue weighted by atomic mass is 32.2. The minimum Gasteiger partial charge on any atom is -0.748 e. The van der Waals surface area contributed by atoms with E-state index >= 15 is 0 Å². The first-order chi connectivity index (χ1) is 12.6. The van der Waals surface area contributed by atoms with Crippen molar-refractivity contribution in [2.75, 3.05) is 12.4 Å². The summed E-state index contributed by atoms with van der Waals surface area (Å²) in [5, 5.41) is 0. The molecule has 0 bridgehead atoms. The molecule has 0 atom stereocenters. The maximum absolute atomic E-state index is 14.1. The standard InChI is InChI=1S/C18H25FO7S/c1-18(2,25-14-6-4-3-5-7-14)26-16-12-13(8-9-15(16)19)17(20)24-10-11-27(21,22)23/h8-9,12,14H,3-7,10-11H2,1-2H3,(H,21,22,23)/p-1. The lowest BCUT2D eigenvalue weighted by molar-refractivity contribution is -0.194. The number of rotatable bonds is 8. The van der Waals surface area contributed by atoms with Gasteiger partial charge in [-0.1, -0.05) is 19.3 Å². The van der Waals surface area contributed by atoms with Crippen LogP contribution in [0.5, 0.6) is 5.75 Å². The summed E-state index contributed by atoms with van der Waals surface area (Å²) in [5.74, 6) is -3.65. The van der Waals surface area contributed by atoms with Gasteiger partial charge in [-0.3, -0.25) is 0 Å². The van der Waals surface area contributed by atoms with Gasteiger partial charge in [-0.15, -0.1) is 0 Å². The summed E-state index contributed by atoms with van der Waals surface area (Å²) >= 11 is 0. The molecule has 1 aliphatic carbocycles. The number of esters is 1. The fourth-order valence-electron chi connectivity index (χ4n) is 2.90. The maximum Gasteiger partial charge on any atom is 0.338 e. The Labute approximate surface area is 158 Å². The first-order valence-electron chi connectivity index (χ1n) is 8.83. The van der Waals surface area contributed by atoms with Crippen LogP contribution in [-0.2, 0) is 19.6 Å². The van der Waals surface area contributed by atoms with Crippen LogP contribution >= 0.6 is 0 Å². The lowest BCUT2D eigenvalue weighted by Crippen LogP contribution is -2.37. The summed E-state index contributed by atoms with van der Waals surface area (Å²) in [6, 6.07) is 3.40. The predicted molar refractivity (Wildman–Crippen MR) is 93.9 cm³/mol. The maximum atomic E-state index is 14.1. The van der Waals surface area contributed by atoms with Gasteiger partial charge in [0, 0.05) is 13.8 Å². The van der Waals surface area contributed by atoms with E-state index in [4.69, 9.17) is 14.2 Å². The van der Waals surface area contributed by atoms with E-state index in [1.165, 1.54) is 12.5 Å². The van der Waals surface area contributed by atoms with Crippen molar-refractivity contribution in [2.45, 2.75) is 57.8 Å². The number of hydrogen-bond acceptors (Lipinski definition) is 7. The van der Waals surface area contributed by atoms with Crippen LogP contribution < -0.4 is 4.74 Å². The SMILES string of the molecule is CC(C)(Oc1cc(C(=O)OCCS(=O)(=O)[O-])ccc1F)OC1CCCCC1. The normalized spacial score (nSPS) is 16.1. The average Bonchev–Trinajstić information content (AvgIpc) is 2.56. The van der Waals surface area contributed by atoms with Crippen molar-refractivity contribution in [2.24, 2.45) is 0 Å². The second-order valence-corrected chi connectivity index (χ2v) is 8.45. The Kier molecular flexibility index (Phi) is 7.19. The van der Waals surface area contributed by atoms with E-state index in [1.54, 1.807) is 13.8 Å². The van der Waals surface area contributed by atoms with Crippen molar-refractivity contribution in [3.05, 3.63) is 29.6 Å². The van der Waals surface area contributed by atoms with E-state index in [9.17, 15) is 22.2 Å². The molecule has 0 saturated heterocycles. The molecule has 0 radical (unpaired) electrons. The molecule has 152 valence electrons. The largest absolute Gasteiger partial charge is 0.748 e. The minimum atomic E-state index is -4.48. The molecule has 7 nitrogen and oxygen atoms in total. The topological polar surface area (TPSA) is 102 Å². The van der Waals surface area contributed by atoms with Gasteiger partial charge in [0.2, 0.25) is 5.79 Å². The van der Waals surface area contributed by atoms with Gasteiger partial charge in [-0.05, 0) is 31.0 Å². The Bertz CT molecular complexity index is 755.